The molecule has 2 heterocycles. The molecular weight excluding hydrogens is 542 g/mol. The lowest BCUT2D eigenvalue weighted by Crippen LogP contribution is -2.31. The first-order chi connectivity index (χ1) is 20.7. The summed E-state index contributed by atoms with van der Waals surface area (Å²) >= 11 is 0. The standard InChI is InChI=1S/C34H39N5O4/c1-7-41-27-12-10-9-11-26(27)38-32(40)30-22(3)37-33-35-21-36-39(33)31(30)24-15-18-28(29(19-24)42-8-2)43-20-23-13-16-25(17-14-23)34(4,5)6/h9-19,21,31H,7-8,20H2,1-6H3,(H,38,40)(H,35,36,37). The Morgan fingerprint density at radius 1 is 0.930 bits per heavy atom. The van der Waals surface area contributed by atoms with E-state index in [0.29, 0.717) is 60.0 Å². The van der Waals surface area contributed by atoms with Crippen LogP contribution in [-0.2, 0) is 16.8 Å². The quantitative estimate of drug-likeness (QED) is 0.211. The summed E-state index contributed by atoms with van der Waals surface area (Å²) < 4.78 is 19.7. The number of aromatic nitrogens is 3. The molecule has 0 radical (unpaired) electrons. The van der Waals surface area contributed by atoms with Crippen LogP contribution in [0.2, 0.25) is 0 Å². The lowest BCUT2D eigenvalue weighted by atomic mass is 9.87. The van der Waals surface area contributed by atoms with E-state index in [9.17, 15) is 4.79 Å². The van der Waals surface area contributed by atoms with E-state index < -0.39 is 6.04 Å². The average molecular weight is 582 g/mol. The van der Waals surface area contributed by atoms with Crippen molar-refractivity contribution in [1.29, 1.82) is 0 Å². The van der Waals surface area contributed by atoms with Gasteiger partial charge >= 0.3 is 0 Å². The third kappa shape index (κ3) is 6.51. The van der Waals surface area contributed by atoms with Crippen molar-refractivity contribution in [2.24, 2.45) is 0 Å². The summed E-state index contributed by atoms with van der Waals surface area (Å²) in [5.41, 5.74) is 5.00. The van der Waals surface area contributed by atoms with Crippen LogP contribution in [0.3, 0.4) is 0 Å². The van der Waals surface area contributed by atoms with E-state index in [-0.39, 0.29) is 11.3 Å². The molecule has 4 aromatic rings. The van der Waals surface area contributed by atoms with E-state index >= 15 is 0 Å². The Labute approximate surface area is 252 Å². The Kier molecular flexibility index (Phi) is 8.71. The Morgan fingerprint density at radius 3 is 2.37 bits per heavy atom. The number of nitrogens with zero attached hydrogens (tertiary/aromatic N) is 3. The van der Waals surface area contributed by atoms with Gasteiger partial charge in [-0.3, -0.25) is 4.79 Å². The zero-order valence-electron chi connectivity index (χ0n) is 25.6. The van der Waals surface area contributed by atoms with Crippen LogP contribution < -0.4 is 24.8 Å². The Balaban J connectivity index is 1.45. The Morgan fingerprint density at radius 2 is 1.65 bits per heavy atom. The molecule has 5 rings (SSSR count). The predicted molar refractivity (Wildman–Crippen MR) is 168 cm³/mol. The first-order valence-corrected chi connectivity index (χ1v) is 14.6. The van der Waals surface area contributed by atoms with Gasteiger partial charge in [0.25, 0.3) is 5.91 Å². The van der Waals surface area contributed by atoms with E-state index in [0.717, 1.165) is 11.1 Å². The monoisotopic (exact) mass is 581 g/mol. The number of rotatable bonds is 10. The molecule has 9 nitrogen and oxygen atoms in total. The van der Waals surface area contributed by atoms with Gasteiger partial charge in [0.05, 0.1) is 24.5 Å². The first kappa shape index (κ1) is 29.7. The van der Waals surface area contributed by atoms with Crippen molar-refractivity contribution in [3.05, 3.63) is 101 Å². The van der Waals surface area contributed by atoms with Crippen LogP contribution in [0.5, 0.6) is 17.2 Å². The zero-order chi connectivity index (χ0) is 30.6. The minimum absolute atomic E-state index is 0.0885. The number of anilines is 2. The highest BCUT2D eigenvalue weighted by Crippen LogP contribution is 2.39. The molecular formula is C34H39N5O4. The highest BCUT2D eigenvalue weighted by Gasteiger charge is 2.34. The number of ether oxygens (including phenoxy) is 3. The SMILES string of the molecule is CCOc1ccccc1NC(=O)C1=C(C)Nc2ncnn2C1c1ccc(OCc2ccc(C(C)(C)C)cc2)c(OCC)c1. The normalized spacial score (nSPS) is 14.5. The number of hydrogen-bond acceptors (Lipinski definition) is 7. The largest absolute Gasteiger partial charge is 0.492 e. The lowest BCUT2D eigenvalue weighted by Gasteiger charge is -2.29. The fourth-order valence-electron chi connectivity index (χ4n) is 5.08. The summed E-state index contributed by atoms with van der Waals surface area (Å²) in [5.74, 6) is 2.08. The van der Waals surface area contributed by atoms with Gasteiger partial charge in [0.15, 0.2) is 11.5 Å². The molecule has 0 saturated carbocycles. The number of carbonyl (C=O) groups excluding carboxylic acids is 1. The van der Waals surface area contributed by atoms with Gasteiger partial charge in [-0.15, -0.1) is 0 Å². The average Bonchev–Trinajstić information content (AvgIpc) is 3.45. The zero-order valence-corrected chi connectivity index (χ0v) is 25.6. The molecule has 2 N–H and O–H groups in total. The van der Waals surface area contributed by atoms with Crippen molar-refractivity contribution in [2.45, 2.75) is 59.6 Å². The van der Waals surface area contributed by atoms with Gasteiger partial charge < -0.3 is 24.8 Å². The van der Waals surface area contributed by atoms with Crippen molar-refractivity contribution >= 4 is 17.5 Å². The second-order valence-electron chi connectivity index (χ2n) is 11.4. The second kappa shape index (κ2) is 12.6. The number of benzene rings is 3. The molecule has 224 valence electrons. The van der Waals surface area contributed by atoms with Gasteiger partial charge in [0.1, 0.15) is 24.7 Å². The molecule has 9 heteroatoms. The molecule has 1 unspecified atom stereocenters. The maximum Gasteiger partial charge on any atom is 0.255 e. The molecule has 0 saturated heterocycles. The van der Waals surface area contributed by atoms with Gasteiger partial charge in [-0.25, -0.2) is 4.68 Å². The molecule has 1 aliphatic heterocycles. The molecule has 43 heavy (non-hydrogen) atoms. The summed E-state index contributed by atoms with van der Waals surface area (Å²) in [5, 5.41) is 10.7. The Bertz CT molecular complexity index is 1620. The van der Waals surface area contributed by atoms with Gasteiger partial charge in [-0.05, 0) is 67.1 Å². The van der Waals surface area contributed by atoms with Gasteiger partial charge in [-0.1, -0.05) is 63.2 Å². The number of carbonyl (C=O) groups is 1. The van der Waals surface area contributed by atoms with Gasteiger partial charge in [-0.2, -0.15) is 10.1 Å². The van der Waals surface area contributed by atoms with Crippen LogP contribution in [0.25, 0.3) is 0 Å². The summed E-state index contributed by atoms with van der Waals surface area (Å²) in [6, 6.07) is 21.0. The smallest absolute Gasteiger partial charge is 0.255 e. The van der Waals surface area contributed by atoms with E-state index in [4.69, 9.17) is 14.2 Å². The maximum atomic E-state index is 13.9. The summed E-state index contributed by atoms with van der Waals surface area (Å²) in [4.78, 5) is 18.2. The molecule has 1 amide bonds. The van der Waals surface area contributed by atoms with Crippen LogP contribution in [-0.4, -0.2) is 33.9 Å². The van der Waals surface area contributed by atoms with Crippen molar-refractivity contribution in [3.63, 3.8) is 0 Å². The molecule has 1 aromatic heterocycles. The third-order valence-electron chi connectivity index (χ3n) is 7.27. The third-order valence-corrected chi connectivity index (χ3v) is 7.27. The van der Waals surface area contributed by atoms with E-state index in [1.54, 1.807) is 4.68 Å². The number of para-hydroxylation sites is 2. The number of nitrogens with one attached hydrogen (secondary N) is 2. The minimum atomic E-state index is -0.559. The molecule has 1 aliphatic rings. The van der Waals surface area contributed by atoms with Crippen LogP contribution >= 0.6 is 0 Å². The van der Waals surface area contributed by atoms with Crippen LogP contribution in [0.1, 0.15) is 64.3 Å². The molecule has 0 bridgehead atoms. The van der Waals surface area contributed by atoms with Crippen LogP contribution in [0.15, 0.2) is 84.3 Å². The molecule has 1 atom stereocenters. The van der Waals surface area contributed by atoms with Gasteiger partial charge in [0, 0.05) is 5.70 Å². The highest BCUT2D eigenvalue weighted by molar-refractivity contribution is 6.06. The molecule has 3 aromatic carbocycles. The second-order valence-corrected chi connectivity index (χ2v) is 11.4. The number of fused-ring (bicyclic) bond motifs is 1. The maximum absolute atomic E-state index is 13.9. The number of amides is 1. The van der Waals surface area contributed by atoms with E-state index in [2.05, 4.69) is 65.8 Å². The number of allylic oxidation sites excluding steroid dienone is 1. The topological polar surface area (TPSA) is 99.5 Å². The summed E-state index contributed by atoms with van der Waals surface area (Å²) in [7, 11) is 0. The Hall–Kier alpha value is -4.79. The van der Waals surface area contributed by atoms with E-state index in [1.165, 1.54) is 11.9 Å². The van der Waals surface area contributed by atoms with Crippen molar-refractivity contribution in [2.75, 3.05) is 23.8 Å². The van der Waals surface area contributed by atoms with Crippen molar-refractivity contribution < 1.29 is 19.0 Å². The molecule has 0 aliphatic carbocycles. The van der Waals surface area contributed by atoms with Crippen molar-refractivity contribution in [3.8, 4) is 17.2 Å². The predicted octanol–water partition coefficient (Wildman–Crippen LogP) is 6.88. The van der Waals surface area contributed by atoms with Crippen LogP contribution in [0.4, 0.5) is 11.6 Å². The molecule has 0 spiro atoms. The van der Waals surface area contributed by atoms with E-state index in [1.807, 2.05) is 63.2 Å². The van der Waals surface area contributed by atoms with Gasteiger partial charge in [0.2, 0.25) is 5.95 Å². The summed E-state index contributed by atoms with van der Waals surface area (Å²) in [6.07, 6.45) is 1.47. The highest BCUT2D eigenvalue weighted by atomic mass is 16.5. The van der Waals surface area contributed by atoms with Crippen molar-refractivity contribution in [1.82, 2.24) is 14.8 Å². The molecule has 0 fully saturated rings. The lowest BCUT2D eigenvalue weighted by molar-refractivity contribution is -0.113. The van der Waals surface area contributed by atoms with Crippen LogP contribution in [0, 0.1) is 0 Å². The fourth-order valence-corrected chi connectivity index (χ4v) is 5.08. The first-order valence-electron chi connectivity index (χ1n) is 14.6. The summed E-state index contributed by atoms with van der Waals surface area (Å²) in [6.45, 7) is 13.6. The fraction of sp³-hybridized carbons (Fsp3) is 0.324. The number of hydrogen-bond donors (Lipinski definition) is 2. The minimum Gasteiger partial charge on any atom is -0.492 e.